The minimum atomic E-state index is 0.0822. The van der Waals surface area contributed by atoms with E-state index in [0.29, 0.717) is 0 Å². The summed E-state index contributed by atoms with van der Waals surface area (Å²) in [6.07, 6.45) is 2.11. The molecule has 2 rings (SSSR count). The summed E-state index contributed by atoms with van der Waals surface area (Å²) in [5.74, 6) is 6.52. The van der Waals surface area contributed by atoms with Gasteiger partial charge in [-0.1, -0.05) is 24.0 Å². The minimum Gasteiger partial charge on any atom is -0.336 e. The van der Waals surface area contributed by atoms with Crippen molar-refractivity contribution in [2.45, 2.75) is 34.2 Å². The molecule has 0 saturated carbocycles. The van der Waals surface area contributed by atoms with Crippen LogP contribution in [0.1, 0.15) is 26.3 Å². The van der Waals surface area contributed by atoms with E-state index in [4.69, 9.17) is 0 Å². The van der Waals surface area contributed by atoms with Crippen LogP contribution < -0.4 is 0 Å². The van der Waals surface area contributed by atoms with Crippen LogP contribution in [0.5, 0.6) is 0 Å². The van der Waals surface area contributed by atoms with Gasteiger partial charge in [0.15, 0.2) is 0 Å². The zero-order chi connectivity index (χ0) is 12.5. The van der Waals surface area contributed by atoms with Crippen molar-refractivity contribution in [3.8, 4) is 11.8 Å². The van der Waals surface area contributed by atoms with Gasteiger partial charge < -0.3 is 4.57 Å². The van der Waals surface area contributed by atoms with Crippen molar-refractivity contribution in [3.05, 3.63) is 36.0 Å². The third-order valence-electron chi connectivity index (χ3n) is 2.64. The fraction of sp³-hybridized carbons (Fsp3) is 0.375. The summed E-state index contributed by atoms with van der Waals surface area (Å²) >= 11 is 0. The highest BCUT2D eigenvalue weighted by molar-refractivity contribution is 5.80. The number of hydrogen-bond donors (Lipinski definition) is 0. The summed E-state index contributed by atoms with van der Waals surface area (Å²) < 4.78 is 2.21. The maximum Gasteiger partial charge on any atom is 0.0837 e. The molecule has 0 aliphatic carbocycles. The molecule has 2 aromatic rings. The molecule has 1 aromatic carbocycles. The van der Waals surface area contributed by atoms with Gasteiger partial charge >= 0.3 is 0 Å². The predicted octanol–water partition coefficient (Wildman–Crippen LogP) is 4.00. The predicted molar refractivity (Wildman–Crippen MR) is 73.9 cm³/mol. The summed E-state index contributed by atoms with van der Waals surface area (Å²) in [6.45, 7) is 9.30. The molecule has 1 heteroatoms. The van der Waals surface area contributed by atoms with E-state index in [1.807, 2.05) is 0 Å². The molecule has 88 valence electrons. The van der Waals surface area contributed by atoms with Gasteiger partial charge in [-0.25, -0.2) is 0 Å². The van der Waals surface area contributed by atoms with Crippen LogP contribution in [0.25, 0.3) is 10.9 Å². The average molecular weight is 225 g/mol. The first kappa shape index (κ1) is 11.8. The molecule has 0 radical (unpaired) electrons. The summed E-state index contributed by atoms with van der Waals surface area (Å²) in [5, 5.41) is 1.29. The van der Waals surface area contributed by atoms with Crippen LogP contribution in [0.3, 0.4) is 0 Å². The quantitative estimate of drug-likeness (QED) is 0.646. The lowest BCUT2D eigenvalue weighted by Gasteiger charge is -2.07. The van der Waals surface area contributed by atoms with Gasteiger partial charge in [-0.3, -0.25) is 0 Å². The molecule has 0 aliphatic heterocycles. The van der Waals surface area contributed by atoms with Gasteiger partial charge in [0.1, 0.15) is 0 Å². The number of aromatic nitrogens is 1. The Morgan fingerprint density at radius 2 is 1.94 bits per heavy atom. The molecule has 0 saturated heterocycles. The molecule has 0 spiro atoms. The van der Waals surface area contributed by atoms with Crippen molar-refractivity contribution in [2.24, 2.45) is 5.41 Å². The molecule has 0 unspecified atom stereocenters. The Labute approximate surface area is 103 Å². The van der Waals surface area contributed by atoms with Gasteiger partial charge in [-0.15, -0.1) is 0 Å². The Morgan fingerprint density at radius 1 is 1.18 bits per heavy atom. The van der Waals surface area contributed by atoms with Gasteiger partial charge in [0.05, 0.1) is 6.54 Å². The first-order chi connectivity index (χ1) is 7.96. The number of rotatable bonds is 1. The standard InChI is InChI=1S/C16H19N/c1-13-6-7-14-8-11-17(15(14)12-13)10-5-9-16(2,3)4/h6-8,11-12H,10H2,1-4H3. The lowest BCUT2D eigenvalue weighted by molar-refractivity contribution is 0.569. The van der Waals surface area contributed by atoms with Crippen LogP contribution >= 0.6 is 0 Å². The van der Waals surface area contributed by atoms with Crippen LogP contribution in [0, 0.1) is 24.2 Å². The summed E-state index contributed by atoms with van der Waals surface area (Å²) in [7, 11) is 0. The lowest BCUT2D eigenvalue weighted by atomic mass is 9.98. The van der Waals surface area contributed by atoms with Crippen molar-refractivity contribution in [3.63, 3.8) is 0 Å². The van der Waals surface area contributed by atoms with Crippen LogP contribution in [0.4, 0.5) is 0 Å². The highest BCUT2D eigenvalue weighted by Gasteiger charge is 2.03. The van der Waals surface area contributed by atoms with Crippen LogP contribution in [-0.2, 0) is 6.54 Å². The maximum atomic E-state index is 3.27. The van der Waals surface area contributed by atoms with E-state index in [9.17, 15) is 0 Å². The van der Waals surface area contributed by atoms with Crippen molar-refractivity contribution in [1.82, 2.24) is 4.57 Å². The van der Waals surface area contributed by atoms with Crippen molar-refractivity contribution in [2.75, 3.05) is 0 Å². The fourth-order valence-electron chi connectivity index (χ4n) is 1.82. The normalized spacial score (nSPS) is 11.3. The van der Waals surface area contributed by atoms with E-state index in [0.717, 1.165) is 6.54 Å². The smallest absolute Gasteiger partial charge is 0.0837 e. The number of aryl methyl sites for hydroxylation is 1. The molecule has 1 heterocycles. The summed E-state index contributed by atoms with van der Waals surface area (Å²) in [4.78, 5) is 0. The third kappa shape index (κ3) is 2.91. The summed E-state index contributed by atoms with van der Waals surface area (Å²) in [6, 6.07) is 8.67. The fourth-order valence-corrected chi connectivity index (χ4v) is 1.82. The molecular formula is C16H19N. The highest BCUT2D eigenvalue weighted by atomic mass is 14.9. The monoisotopic (exact) mass is 225 g/mol. The molecule has 1 nitrogen and oxygen atoms in total. The van der Waals surface area contributed by atoms with E-state index < -0.39 is 0 Å². The molecule has 0 N–H and O–H groups in total. The maximum absolute atomic E-state index is 3.27. The first-order valence-electron chi connectivity index (χ1n) is 6.01. The number of hydrogen-bond acceptors (Lipinski definition) is 0. The molecule has 0 aliphatic rings. The van der Waals surface area contributed by atoms with Gasteiger partial charge in [0.2, 0.25) is 0 Å². The number of nitrogens with zero attached hydrogens (tertiary/aromatic N) is 1. The van der Waals surface area contributed by atoms with Crippen molar-refractivity contribution >= 4 is 10.9 Å². The Balaban J connectivity index is 2.30. The second kappa shape index (κ2) is 4.30. The van der Waals surface area contributed by atoms with Gasteiger partial charge in [0.25, 0.3) is 0 Å². The largest absolute Gasteiger partial charge is 0.336 e. The Morgan fingerprint density at radius 3 is 2.65 bits per heavy atom. The lowest BCUT2D eigenvalue weighted by Crippen LogP contribution is -2.01. The molecule has 1 aromatic heterocycles. The van der Waals surface area contributed by atoms with E-state index >= 15 is 0 Å². The molecule has 0 fully saturated rings. The Hall–Kier alpha value is -1.68. The van der Waals surface area contributed by atoms with E-state index in [2.05, 4.69) is 74.6 Å². The topological polar surface area (TPSA) is 4.93 Å². The van der Waals surface area contributed by atoms with E-state index in [1.165, 1.54) is 16.5 Å². The van der Waals surface area contributed by atoms with E-state index in [-0.39, 0.29) is 5.41 Å². The van der Waals surface area contributed by atoms with Crippen LogP contribution in [0.15, 0.2) is 30.5 Å². The van der Waals surface area contributed by atoms with Gasteiger partial charge in [-0.05, 0) is 50.8 Å². The zero-order valence-corrected chi connectivity index (χ0v) is 11.0. The molecule has 17 heavy (non-hydrogen) atoms. The van der Waals surface area contributed by atoms with Gasteiger partial charge in [0, 0.05) is 17.1 Å². The third-order valence-corrected chi connectivity index (χ3v) is 2.64. The molecule has 0 atom stereocenters. The number of benzene rings is 1. The SMILES string of the molecule is Cc1ccc2ccn(CC#CC(C)(C)C)c2c1. The minimum absolute atomic E-state index is 0.0822. The molecule has 0 amide bonds. The Bertz CT molecular complexity index is 585. The van der Waals surface area contributed by atoms with Crippen LogP contribution in [0.2, 0.25) is 0 Å². The average Bonchev–Trinajstić information content (AvgIpc) is 2.59. The van der Waals surface area contributed by atoms with Gasteiger partial charge in [-0.2, -0.15) is 0 Å². The molecule has 0 bridgehead atoms. The second-order valence-electron chi connectivity index (χ2n) is 5.56. The highest BCUT2D eigenvalue weighted by Crippen LogP contribution is 2.17. The van der Waals surface area contributed by atoms with E-state index in [1.54, 1.807) is 0 Å². The van der Waals surface area contributed by atoms with Crippen molar-refractivity contribution < 1.29 is 0 Å². The Kier molecular flexibility index (Phi) is 2.98. The second-order valence-corrected chi connectivity index (χ2v) is 5.56. The number of fused-ring (bicyclic) bond motifs is 1. The van der Waals surface area contributed by atoms with Crippen LogP contribution in [-0.4, -0.2) is 4.57 Å². The zero-order valence-electron chi connectivity index (χ0n) is 11.0. The summed E-state index contributed by atoms with van der Waals surface area (Å²) in [5.41, 5.74) is 2.65. The van der Waals surface area contributed by atoms with Crippen molar-refractivity contribution in [1.29, 1.82) is 0 Å². The first-order valence-corrected chi connectivity index (χ1v) is 6.01. The molecular weight excluding hydrogens is 206 g/mol.